The second-order valence-electron chi connectivity index (χ2n) is 7.55. The molecule has 2 heterocycles. The van der Waals surface area contributed by atoms with E-state index in [1.54, 1.807) is 36.3 Å². The van der Waals surface area contributed by atoms with Gasteiger partial charge in [-0.2, -0.15) is 0 Å². The first kappa shape index (κ1) is 21.4. The minimum Gasteiger partial charge on any atom is -0.495 e. The topological polar surface area (TPSA) is 101 Å². The third kappa shape index (κ3) is 4.82. The van der Waals surface area contributed by atoms with Crippen molar-refractivity contribution in [2.75, 3.05) is 23.9 Å². The first-order chi connectivity index (χ1) is 14.4. The number of carbonyl (C=O) groups is 3. The fourth-order valence-corrected chi connectivity index (χ4v) is 3.41. The second kappa shape index (κ2) is 9.47. The Balaban J connectivity index is 1.78. The lowest BCUT2D eigenvalue weighted by atomic mass is 10.0. The van der Waals surface area contributed by atoms with Gasteiger partial charge in [-0.3, -0.25) is 14.4 Å². The molecule has 2 aromatic rings. The van der Waals surface area contributed by atoms with E-state index < -0.39 is 11.9 Å². The van der Waals surface area contributed by atoms with E-state index >= 15 is 0 Å². The molecule has 1 aliphatic heterocycles. The number of carbonyl (C=O) groups excluding carboxylic acids is 3. The zero-order valence-corrected chi connectivity index (χ0v) is 17.4. The lowest BCUT2D eigenvalue weighted by Gasteiger charge is -2.28. The van der Waals surface area contributed by atoms with E-state index in [2.05, 4.69) is 10.6 Å². The number of piperidine rings is 1. The summed E-state index contributed by atoms with van der Waals surface area (Å²) >= 11 is 0. The minimum absolute atomic E-state index is 0.0359. The molecule has 2 N–H and O–H groups in total. The maximum absolute atomic E-state index is 12.9. The molecular formula is C22H27N3O5. The Kier molecular flexibility index (Phi) is 6.76. The summed E-state index contributed by atoms with van der Waals surface area (Å²) < 4.78 is 10.5. The van der Waals surface area contributed by atoms with Gasteiger partial charge in [0.25, 0.3) is 5.91 Å². The molecule has 3 rings (SSSR count). The molecule has 0 bridgehead atoms. The van der Waals surface area contributed by atoms with E-state index in [1.807, 2.05) is 13.8 Å². The molecule has 8 heteroatoms. The zero-order chi connectivity index (χ0) is 21.7. The van der Waals surface area contributed by atoms with Crippen molar-refractivity contribution in [3.05, 3.63) is 42.4 Å². The molecule has 8 nitrogen and oxygen atoms in total. The van der Waals surface area contributed by atoms with Crippen LogP contribution in [-0.2, 0) is 9.59 Å². The van der Waals surface area contributed by atoms with Gasteiger partial charge in [0.05, 0.1) is 19.1 Å². The molecule has 1 aromatic heterocycles. The molecule has 0 radical (unpaired) electrons. The van der Waals surface area contributed by atoms with Gasteiger partial charge < -0.3 is 24.7 Å². The van der Waals surface area contributed by atoms with E-state index in [0.29, 0.717) is 30.1 Å². The van der Waals surface area contributed by atoms with Crippen molar-refractivity contribution < 1.29 is 23.5 Å². The Labute approximate surface area is 175 Å². The van der Waals surface area contributed by atoms with Gasteiger partial charge in [-0.1, -0.05) is 13.8 Å². The highest BCUT2D eigenvalue weighted by Crippen LogP contribution is 2.33. The van der Waals surface area contributed by atoms with Crippen molar-refractivity contribution in [3.63, 3.8) is 0 Å². The number of benzene rings is 1. The van der Waals surface area contributed by atoms with Gasteiger partial charge in [-0.15, -0.1) is 0 Å². The average molecular weight is 413 g/mol. The predicted octanol–water partition coefficient (Wildman–Crippen LogP) is 3.20. The number of furan rings is 1. The van der Waals surface area contributed by atoms with E-state index in [1.165, 1.54) is 12.3 Å². The molecule has 160 valence electrons. The van der Waals surface area contributed by atoms with Crippen molar-refractivity contribution in [3.8, 4) is 5.75 Å². The number of nitrogens with zero attached hydrogens (tertiary/aromatic N) is 1. The summed E-state index contributed by atoms with van der Waals surface area (Å²) in [6.07, 6.45) is 3.69. The summed E-state index contributed by atoms with van der Waals surface area (Å²) in [6.45, 7) is 4.30. The van der Waals surface area contributed by atoms with Crippen molar-refractivity contribution in [2.24, 2.45) is 5.92 Å². The van der Waals surface area contributed by atoms with E-state index in [9.17, 15) is 14.4 Å². The van der Waals surface area contributed by atoms with Gasteiger partial charge >= 0.3 is 0 Å². The number of nitrogens with one attached hydrogen (secondary N) is 2. The van der Waals surface area contributed by atoms with Crippen LogP contribution in [0.15, 0.2) is 41.0 Å². The Bertz CT molecular complexity index is 908. The molecule has 0 spiro atoms. The van der Waals surface area contributed by atoms with Gasteiger partial charge in [0, 0.05) is 18.7 Å². The van der Waals surface area contributed by atoms with Gasteiger partial charge in [-0.05, 0) is 49.1 Å². The number of hydrogen-bond donors (Lipinski definition) is 2. The van der Waals surface area contributed by atoms with Crippen LogP contribution in [0.25, 0.3) is 0 Å². The summed E-state index contributed by atoms with van der Waals surface area (Å²) in [4.78, 5) is 39.3. The van der Waals surface area contributed by atoms with Crippen LogP contribution in [0.4, 0.5) is 11.4 Å². The largest absolute Gasteiger partial charge is 0.495 e. The predicted molar refractivity (Wildman–Crippen MR) is 113 cm³/mol. The fourth-order valence-electron chi connectivity index (χ4n) is 3.41. The summed E-state index contributed by atoms with van der Waals surface area (Å²) in [6, 6.07) is 7.55. The first-order valence-corrected chi connectivity index (χ1v) is 10.0. The van der Waals surface area contributed by atoms with Gasteiger partial charge in [0.1, 0.15) is 11.8 Å². The first-order valence-electron chi connectivity index (χ1n) is 10.0. The maximum Gasteiger partial charge on any atom is 0.287 e. The molecule has 1 aromatic carbocycles. The lowest BCUT2D eigenvalue weighted by molar-refractivity contribution is -0.120. The second-order valence-corrected chi connectivity index (χ2v) is 7.55. The molecule has 0 saturated carbocycles. The Hall–Kier alpha value is -3.29. The van der Waals surface area contributed by atoms with Crippen molar-refractivity contribution >= 4 is 29.1 Å². The molecular weight excluding hydrogens is 386 g/mol. The third-order valence-corrected chi connectivity index (χ3v) is 5.04. The fraction of sp³-hybridized carbons (Fsp3) is 0.409. The van der Waals surface area contributed by atoms with E-state index in [4.69, 9.17) is 9.15 Å². The number of methoxy groups -OCH3 is 1. The molecule has 1 saturated heterocycles. The Morgan fingerprint density at radius 1 is 1.20 bits per heavy atom. The van der Waals surface area contributed by atoms with Crippen LogP contribution in [0.2, 0.25) is 0 Å². The lowest BCUT2D eigenvalue weighted by Crippen LogP contribution is -2.47. The summed E-state index contributed by atoms with van der Waals surface area (Å²) in [7, 11) is 1.55. The normalized spacial score (nSPS) is 15.1. The quantitative estimate of drug-likeness (QED) is 0.726. The molecule has 1 unspecified atom stereocenters. The number of amides is 3. The molecule has 3 amide bonds. The summed E-state index contributed by atoms with van der Waals surface area (Å²) in [5.41, 5.74) is 1.15. The SMILES string of the molecule is COc1ccc(NC(=O)C(NC(=O)c2ccco2)C(C)C)cc1N1CCCCC1=O. The molecule has 0 aliphatic carbocycles. The van der Waals surface area contributed by atoms with E-state index in [0.717, 1.165) is 12.8 Å². The number of anilines is 2. The monoisotopic (exact) mass is 413 g/mol. The highest BCUT2D eigenvalue weighted by molar-refractivity contribution is 6.01. The number of hydrogen-bond acceptors (Lipinski definition) is 5. The smallest absolute Gasteiger partial charge is 0.287 e. The van der Waals surface area contributed by atoms with Crippen LogP contribution in [0.3, 0.4) is 0 Å². The number of rotatable bonds is 7. The zero-order valence-electron chi connectivity index (χ0n) is 17.4. The molecule has 1 fully saturated rings. The highest BCUT2D eigenvalue weighted by atomic mass is 16.5. The summed E-state index contributed by atoms with van der Waals surface area (Å²) in [5.74, 6) is -0.216. The van der Waals surface area contributed by atoms with Crippen LogP contribution >= 0.6 is 0 Å². The maximum atomic E-state index is 12.9. The van der Waals surface area contributed by atoms with Crippen molar-refractivity contribution in [1.29, 1.82) is 0 Å². The van der Waals surface area contributed by atoms with Gasteiger partial charge in [0.2, 0.25) is 11.8 Å². The average Bonchev–Trinajstić information content (AvgIpc) is 3.27. The highest BCUT2D eigenvalue weighted by Gasteiger charge is 2.27. The Morgan fingerprint density at radius 3 is 2.63 bits per heavy atom. The summed E-state index contributed by atoms with van der Waals surface area (Å²) in [5, 5.41) is 5.55. The van der Waals surface area contributed by atoms with Crippen LogP contribution in [0.1, 0.15) is 43.7 Å². The van der Waals surface area contributed by atoms with Crippen molar-refractivity contribution in [1.82, 2.24) is 5.32 Å². The number of ether oxygens (including phenoxy) is 1. The van der Waals surface area contributed by atoms with Crippen LogP contribution in [0, 0.1) is 5.92 Å². The van der Waals surface area contributed by atoms with Gasteiger partial charge in [-0.25, -0.2) is 0 Å². The van der Waals surface area contributed by atoms with Crippen molar-refractivity contribution in [2.45, 2.75) is 39.2 Å². The minimum atomic E-state index is -0.759. The molecule has 30 heavy (non-hydrogen) atoms. The van der Waals surface area contributed by atoms with Gasteiger partial charge in [0.15, 0.2) is 5.76 Å². The molecule has 1 aliphatic rings. The van der Waals surface area contributed by atoms with Crippen LogP contribution in [0.5, 0.6) is 5.75 Å². The molecule has 1 atom stereocenters. The third-order valence-electron chi connectivity index (χ3n) is 5.04. The Morgan fingerprint density at radius 2 is 2.00 bits per heavy atom. The standard InChI is InChI=1S/C22H27N3O5/c1-14(2)20(24-21(27)18-7-6-12-30-18)22(28)23-15-9-10-17(29-3)16(13-15)25-11-5-4-8-19(25)26/h6-7,9-10,12-14,20H,4-5,8,11H2,1-3H3,(H,23,28)(H,24,27). The van der Waals surface area contributed by atoms with E-state index in [-0.39, 0.29) is 23.5 Å². The van der Waals surface area contributed by atoms with Crippen LogP contribution < -0.4 is 20.3 Å². The van der Waals surface area contributed by atoms with Crippen LogP contribution in [-0.4, -0.2) is 37.4 Å².